The van der Waals surface area contributed by atoms with Gasteiger partial charge in [0.15, 0.2) is 5.96 Å². The average Bonchev–Trinajstić information content (AvgIpc) is 3.00. The molecule has 0 radical (unpaired) electrons. The SMILES string of the molecule is CCNC(=NCC(C)Oc1ccccc1C)NCCc1ncc(C)s1.I. The Hall–Kier alpha value is -1.35. The minimum atomic E-state index is 0. The van der Waals surface area contributed by atoms with Crippen LogP contribution in [0.15, 0.2) is 35.5 Å². The Morgan fingerprint density at radius 3 is 2.69 bits per heavy atom. The van der Waals surface area contributed by atoms with E-state index in [2.05, 4.69) is 47.4 Å². The molecule has 2 N–H and O–H groups in total. The Morgan fingerprint density at radius 2 is 2.04 bits per heavy atom. The molecule has 5 nitrogen and oxygen atoms in total. The zero-order chi connectivity index (χ0) is 18.1. The summed E-state index contributed by atoms with van der Waals surface area (Å²) in [6.07, 6.45) is 2.83. The molecular formula is C19H29IN4OS. The lowest BCUT2D eigenvalue weighted by Crippen LogP contribution is -2.39. The van der Waals surface area contributed by atoms with E-state index in [1.807, 2.05) is 31.3 Å². The lowest BCUT2D eigenvalue weighted by molar-refractivity contribution is 0.228. The van der Waals surface area contributed by atoms with E-state index in [0.717, 1.165) is 41.8 Å². The van der Waals surface area contributed by atoms with E-state index in [1.54, 1.807) is 11.3 Å². The van der Waals surface area contributed by atoms with Crippen LogP contribution in [0.2, 0.25) is 0 Å². The number of aryl methyl sites for hydroxylation is 2. The van der Waals surface area contributed by atoms with Crippen molar-refractivity contribution in [3.8, 4) is 5.75 Å². The Morgan fingerprint density at radius 1 is 1.27 bits per heavy atom. The highest BCUT2D eigenvalue weighted by molar-refractivity contribution is 14.0. The second-order valence-electron chi connectivity index (χ2n) is 5.96. The number of nitrogens with one attached hydrogen (secondary N) is 2. The van der Waals surface area contributed by atoms with E-state index in [9.17, 15) is 0 Å². The molecule has 1 unspecified atom stereocenters. The highest BCUT2D eigenvalue weighted by atomic mass is 127. The van der Waals surface area contributed by atoms with Gasteiger partial charge in [0.1, 0.15) is 11.9 Å². The number of hydrogen-bond acceptors (Lipinski definition) is 4. The van der Waals surface area contributed by atoms with Crippen molar-refractivity contribution in [3.63, 3.8) is 0 Å². The highest BCUT2D eigenvalue weighted by Gasteiger charge is 2.06. The van der Waals surface area contributed by atoms with Crippen LogP contribution >= 0.6 is 35.3 Å². The van der Waals surface area contributed by atoms with Gasteiger partial charge in [0.25, 0.3) is 0 Å². The summed E-state index contributed by atoms with van der Waals surface area (Å²) in [5.41, 5.74) is 1.14. The van der Waals surface area contributed by atoms with Gasteiger partial charge in [0.05, 0.1) is 11.6 Å². The molecule has 7 heteroatoms. The molecule has 1 aromatic heterocycles. The zero-order valence-corrected chi connectivity index (χ0v) is 19.1. The van der Waals surface area contributed by atoms with Crippen LogP contribution in [0, 0.1) is 13.8 Å². The van der Waals surface area contributed by atoms with E-state index in [4.69, 9.17) is 4.74 Å². The summed E-state index contributed by atoms with van der Waals surface area (Å²) in [4.78, 5) is 10.3. The standard InChI is InChI=1S/C19H28N4OS.HI/c1-5-20-19(21-11-10-18-22-13-16(4)25-18)23-12-15(3)24-17-9-7-6-8-14(17)2;/h6-9,13,15H,5,10-12H2,1-4H3,(H2,20,21,23);1H. The lowest BCUT2D eigenvalue weighted by atomic mass is 10.2. The van der Waals surface area contributed by atoms with Crippen molar-refractivity contribution in [1.82, 2.24) is 15.6 Å². The first-order valence-corrected chi connectivity index (χ1v) is 9.56. The molecule has 0 aliphatic heterocycles. The van der Waals surface area contributed by atoms with Crippen molar-refractivity contribution in [3.05, 3.63) is 45.9 Å². The van der Waals surface area contributed by atoms with Crippen LogP contribution in [0.25, 0.3) is 0 Å². The number of guanidine groups is 1. The fourth-order valence-corrected chi connectivity index (χ4v) is 3.10. The molecule has 0 fully saturated rings. The molecule has 0 saturated heterocycles. The van der Waals surface area contributed by atoms with Gasteiger partial charge in [-0.25, -0.2) is 9.98 Å². The Kier molecular flexibility index (Phi) is 10.6. The molecule has 0 aliphatic rings. The van der Waals surface area contributed by atoms with Crippen LogP contribution in [0.5, 0.6) is 5.75 Å². The summed E-state index contributed by atoms with van der Waals surface area (Å²) in [5, 5.41) is 7.78. The Balaban J connectivity index is 0.00000338. The molecule has 2 rings (SSSR count). The molecule has 144 valence electrons. The van der Waals surface area contributed by atoms with Gasteiger partial charge in [-0.3, -0.25) is 0 Å². The van der Waals surface area contributed by atoms with E-state index >= 15 is 0 Å². The van der Waals surface area contributed by atoms with Crippen molar-refractivity contribution in [2.45, 2.75) is 40.2 Å². The van der Waals surface area contributed by atoms with Gasteiger partial charge in [-0.15, -0.1) is 35.3 Å². The van der Waals surface area contributed by atoms with Crippen molar-refractivity contribution >= 4 is 41.3 Å². The quantitative estimate of drug-likeness (QED) is 0.336. The molecule has 1 heterocycles. The third-order valence-corrected chi connectivity index (χ3v) is 4.55. The predicted molar refractivity (Wildman–Crippen MR) is 121 cm³/mol. The molecule has 1 atom stereocenters. The fourth-order valence-electron chi connectivity index (χ4n) is 2.31. The van der Waals surface area contributed by atoms with Gasteiger partial charge < -0.3 is 15.4 Å². The minimum Gasteiger partial charge on any atom is -0.489 e. The number of ether oxygens (including phenoxy) is 1. The maximum Gasteiger partial charge on any atom is 0.191 e. The van der Waals surface area contributed by atoms with Gasteiger partial charge in [-0.1, -0.05) is 18.2 Å². The maximum atomic E-state index is 5.98. The number of halogens is 1. The van der Waals surface area contributed by atoms with Gasteiger partial charge in [-0.05, 0) is 39.3 Å². The zero-order valence-electron chi connectivity index (χ0n) is 15.9. The molecule has 0 bridgehead atoms. The largest absolute Gasteiger partial charge is 0.489 e. The number of benzene rings is 1. The summed E-state index contributed by atoms with van der Waals surface area (Å²) in [6.45, 7) is 10.5. The van der Waals surface area contributed by atoms with E-state index in [-0.39, 0.29) is 30.1 Å². The Labute approximate surface area is 177 Å². The number of para-hydroxylation sites is 1. The van der Waals surface area contributed by atoms with Gasteiger partial charge in [0, 0.05) is 30.6 Å². The maximum absolute atomic E-state index is 5.98. The van der Waals surface area contributed by atoms with Crippen LogP contribution < -0.4 is 15.4 Å². The minimum absolute atomic E-state index is 0. The normalized spacial score (nSPS) is 12.2. The number of thiazole rings is 1. The van der Waals surface area contributed by atoms with Crippen LogP contribution in [-0.2, 0) is 6.42 Å². The summed E-state index contributed by atoms with van der Waals surface area (Å²) in [7, 11) is 0. The third kappa shape index (κ3) is 7.90. The van der Waals surface area contributed by atoms with Crippen LogP contribution in [0.1, 0.15) is 29.3 Å². The van der Waals surface area contributed by atoms with Crippen molar-refractivity contribution in [1.29, 1.82) is 0 Å². The average molecular weight is 488 g/mol. The van der Waals surface area contributed by atoms with Gasteiger partial charge >= 0.3 is 0 Å². The molecule has 0 saturated carbocycles. The first-order chi connectivity index (χ1) is 12.1. The summed E-state index contributed by atoms with van der Waals surface area (Å²) >= 11 is 1.74. The Bertz CT molecular complexity index is 690. The topological polar surface area (TPSA) is 58.5 Å². The second kappa shape index (κ2) is 12.1. The summed E-state index contributed by atoms with van der Waals surface area (Å²) in [5.74, 6) is 1.73. The van der Waals surface area contributed by atoms with Gasteiger partial charge in [-0.2, -0.15) is 0 Å². The molecule has 2 aromatic rings. The van der Waals surface area contributed by atoms with Crippen LogP contribution in [-0.4, -0.2) is 36.7 Å². The van der Waals surface area contributed by atoms with E-state index in [0.29, 0.717) is 6.54 Å². The molecule has 0 aliphatic carbocycles. The van der Waals surface area contributed by atoms with Crippen molar-refractivity contribution in [2.75, 3.05) is 19.6 Å². The summed E-state index contributed by atoms with van der Waals surface area (Å²) in [6, 6.07) is 8.05. The number of aliphatic imine (C=N–C) groups is 1. The molecule has 0 amide bonds. The monoisotopic (exact) mass is 488 g/mol. The number of aromatic nitrogens is 1. The number of nitrogens with zero attached hydrogens (tertiary/aromatic N) is 2. The molecule has 26 heavy (non-hydrogen) atoms. The number of rotatable bonds is 8. The molecule has 0 spiro atoms. The summed E-state index contributed by atoms with van der Waals surface area (Å²) < 4.78 is 5.98. The first kappa shape index (κ1) is 22.7. The third-order valence-electron chi connectivity index (χ3n) is 3.57. The van der Waals surface area contributed by atoms with Crippen LogP contribution in [0.4, 0.5) is 0 Å². The smallest absolute Gasteiger partial charge is 0.191 e. The first-order valence-electron chi connectivity index (χ1n) is 8.74. The van der Waals surface area contributed by atoms with E-state index in [1.165, 1.54) is 4.88 Å². The van der Waals surface area contributed by atoms with Gasteiger partial charge in [0.2, 0.25) is 0 Å². The fraction of sp³-hybridized carbons (Fsp3) is 0.474. The second-order valence-corrected chi connectivity index (χ2v) is 7.27. The van der Waals surface area contributed by atoms with Crippen molar-refractivity contribution in [2.24, 2.45) is 4.99 Å². The van der Waals surface area contributed by atoms with Crippen LogP contribution in [0.3, 0.4) is 0 Å². The highest BCUT2D eigenvalue weighted by Crippen LogP contribution is 2.17. The van der Waals surface area contributed by atoms with Crippen molar-refractivity contribution < 1.29 is 4.74 Å². The molecule has 1 aromatic carbocycles. The molecular weight excluding hydrogens is 459 g/mol. The number of hydrogen-bond donors (Lipinski definition) is 2. The predicted octanol–water partition coefficient (Wildman–Crippen LogP) is 3.94. The lowest BCUT2D eigenvalue weighted by Gasteiger charge is -2.16. The van der Waals surface area contributed by atoms with E-state index < -0.39 is 0 Å².